The summed E-state index contributed by atoms with van der Waals surface area (Å²) in [7, 11) is 1.25. The zero-order valence-electron chi connectivity index (χ0n) is 16.4. The van der Waals surface area contributed by atoms with Gasteiger partial charge in [0.2, 0.25) is 11.8 Å². The molecule has 0 saturated heterocycles. The highest BCUT2D eigenvalue weighted by atomic mass is 16.5. The van der Waals surface area contributed by atoms with Crippen molar-refractivity contribution in [1.82, 2.24) is 10.6 Å². The molecule has 1 aliphatic carbocycles. The van der Waals surface area contributed by atoms with E-state index in [0.717, 1.165) is 5.56 Å². The van der Waals surface area contributed by atoms with Crippen molar-refractivity contribution in [3.05, 3.63) is 35.9 Å². The molecular formula is C21H28N2O5. The van der Waals surface area contributed by atoms with Crippen LogP contribution in [0.4, 0.5) is 0 Å². The number of esters is 1. The van der Waals surface area contributed by atoms with Crippen LogP contribution in [-0.2, 0) is 23.9 Å². The standard InChI is InChI=1S/C21H28N2O5/c1-14(15-7-4-3-5-8-15)22-18(25)11-12-19(26)23-20(21(27)28-2)16-9-6-10-17(24)13-16/h3-5,7-8,14,16,20H,6,9-13H2,1-2H3,(H,22,25)(H,23,26)/t14-,16-,20-/m1/s1. The molecule has 0 spiro atoms. The minimum atomic E-state index is -0.854. The number of hydrogen-bond donors (Lipinski definition) is 2. The number of methoxy groups -OCH3 is 1. The van der Waals surface area contributed by atoms with Crippen molar-refractivity contribution >= 4 is 23.6 Å². The van der Waals surface area contributed by atoms with Gasteiger partial charge in [0.15, 0.2) is 0 Å². The van der Waals surface area contributed by atoms with Crippen LogP contribution < -0.4 is 10.6 Å². The molecule has 0 aliphatic heterocycles. The Morgan fingerprint density at radius 1 is 1.11 bits per heavy atom. The lowest BCUT2D eigenvalue weighted by molar-refractivity contribution is -0.147. The average Bonchev–Trinajstić information content (AvgIpc) is 2.70. The zero-order valence-corrected chi connectivity index (χ0v) is 16.4. The predicted molar refractivity (Wildman–Crippen MR) is 103 cm³/mol. The van der Waals surface area contributed by atoms with Crippen LogP contribution in [0.3, 0.4) is 0 Å². The van der Waals surface area contributed by atoms with Crippen LogP contribution in [0.1, 0.15) is 57.1 Å². The van der Waals surface area contributed by atoms with Crippen molar-refractivity contribution in [3.8, 4) is 0 Å². The highest BCUT2D eigenvalue weighted by Crippen LogP contribution is 2.25. The van der Waals surface area contributed by atoms with Crippen LogP contribution in [-0.4, -0.2) is 36.7 Å². The molecule has 28 heavy (non-hydrogen) atoms. The molecule has 152 valence electrons. The van der Waals surface area contributed by atoms with Crippen LogP contribution in [0.15, 0.2) is 30.3 Å². The molecule has 0 unspecified atom stereocenters. The van der Waals surface area contributed by atoms with Gasteiger partial charge in [0.05, 0.1) is 13.2 Å². The fourth-order valence-electron chi connectivity index (χ4n) is 3.45. The number of ether oxygens (including phenoxy) is 1. The van der Waals surface area contributed by atoms with Crippen LogP contribution in [0.2, 0.25) is 0 Å². The molecule has 0 heterocycles. The smallest absolute Gasteiger partial charge is 0.328 e. The minimum absolute atomic E-state index is 0.0144. The second kappa shape index (κ2) is 10.6. The van der Waals surface area contributed by atoms with E-state index in [1.807, 2.05) is 37.3 Å². The van der Waals surface area contributed by atoms with Crippen molar-refractivity contribution < 1.29 is 23.9 Å². The second-order valence-electron chi connectivity index (χ2n) is 7.16. The van der Waals surface area contributed by atoms with Crippen molar-refractivity contribution in [1.29, 1.82) is 0 Å². The maximum absolute atomic E-state index is 12.3. The molecule has 1 aliphatic rings. The van der Waals surface area contributed by atoms with Crippen LogP contribution in [0.5, 0.6) is 0 Å². The summed E-state index contributed by atoms with van der Waals surface area (Å²) in [4.78, 5) is 48.2. The molecule has 7 heteroatoms. The van der Waals surface area contributed by atoms with Crippen LogP contribution in [0, 0.1) is 5.92 Å². The van der Waals surface area contributed by atoms with Crippen molar-refractivity contribution in [2.75, 3.05) is 7.11 Å². The summed E-state index contributed by atoms with van der Waals surface area (Å²) in [5.41, 5.74) is 0.980. The van der Waals surface area contributed by atoms with E-state index in [4.69, 9.17) is 4.74 Å². The molecule has 0 bridgehead atoms. The molecular weight excluding hydrogens is 360 g/mol. The van der Waals surface area contributed by atoms with E-state index in [9.17, 15) is 19.2 Å². The Morgan fingerprint density at radius 2 is 1.75 bits per heavy atom. The fraction of sp³-hybridized carbons (Fsp3) is 0.524. The lowest BCUT2D eigenvalue weighted by Gasteiger charge is -2.28. The zero-order chi connectivity index (χ0) is 20.5. The minimum Gasteiger partial charge on any atom is -0.467 e. The number of ketones is 1. The summed E-state index contributed by atoms with van der Waals surface area (Å²) < 4.78 is 4.78. The Morgan fingerprint density at radius 3 is 2.36 bits per heavy atom. The molecule has 0 aromatic heterocycles. The van der Waals surface area contributed by atoms with E-state index in [-0.39, 0.29) is 42.9 Å². The second-order valence-corrected chi connectivity index (χ2v) is 7.16. The first kappa shape index (κ1) is 21.6. The predicted octanol–water partition coefficient (Wildman–Crippen LogP) is 2.06. The Balaban J connectivity index is 1.84. The van der Waals surface area contributed by atoms with E-state index in [1.165, 1.54) is 7.11 Å². The number of nitrogens with one attached hydrogen (secondary N) is 2. The molecule has 1 aromatic carbocycles. The number of carbonyl (C=O) groups excluding carboxylic acids is 4. The van der Waals surface area contributed by atoms with Gasteiger partial charge in [-0.2, -0.15) is 0 Å². The summed E-state index contributed by atoms with van der Waals surface area (Å²) >= 11 is 0. The average molecular weight is 388 g/mol. The largest absolute Gasteiger partial charge is 0.467 e. The quantitative estimate of drug-likeness (QED) is 0.664. The lowest BCUT2D eigenvalue weighted by atomic mass is 9.83. The van der Waals surface area contributed by atoms with E-state index >= 15 is 0 Å². The Bertz CT molecular complexity index is 704. The molecule has 3 atom stereocenters. The van der Waals surface area contributed by atoms with Gasteiger partial charge in [-0.25, -0.2) is 4.79 Å². The maximum atomic E-state index is 12.3. The normalized spacial score (nSPS) is 18.6. The molecule has 2 rings (SSSR count). The van der Waals surface area contributed by atoms with Crippen LogP contribution in [0.25, 0.3) is 0 Å². The van der Waals surface area contributed by atoms with Gasteiger partial charge in [0, 0.05) is 25.7 Å². The summed E-state index contributed by atoms with van der Waals surface area (Å²) in [6.07, 6.45) is 2.13. The van der Waals surface area contributed by atoms with Crippen LogP contribution >= 0.6 is 0 Å². The molecule has 1 aromatic rings. The first-order valence-electron chi connectivity index (χ1n) is 9.64. The summed E-state index contributed by atoms with van der Waals surface area (Å²) in [5, 5.41) is 5.51. The van der Waals surface area contributed by atoms with Gasteiger partial charge in [-0.05, 0) is 31.2 Å². The van der Waals surface area contributed by atoms with E-state index in [2.05, 4.69) is 10.6 Å². The van der Waals surface area contributed by atoms with E-state index in [1.54, 1.807) is 0 Å². The third-order valence-electron chi connectivity index (χ3n) is 5.02. The van der Waals surface area contributed by atoms with Crippen molar-refractivity contribution in [2.24, 2.45) is 5.92 Å². The van der Waals surface area contributed by atoms with E-state index < -0.39 is 17.9 Å². The van der Waals surface area contributed by atoms with Crippen molar-refractivity contribution in [2.45, 2.75) is 57.5 Å². The van der Waals surface area contributed by atoms with Crippen molar-refractivity contribution in [3.63, 3.8) is 0 Å². The molecule has 0 radical (unpaired) electrons. The molecule has 1 saturated carbocycles. The third kappa shape index (κ3) is 6.48. The first-order valence-corrected chi connectivity index (χ1v) is 9.64. The number of hydrogen-bond acceptors (Lipinski definition) is 5. The highest BCUT2D eigenvalue weighted by molar-refractivity contribution is 5.88. The van der Waals surface area contributed by atoms with Gasteiger partial charge in [0.1, 0.15) is 11.8 Å². The number of Topliss-reactive ketones (excluding diaryl/α,β-unsaturated/α-hetero) is 1. The lowest BCUT2D eigenvalue weighted by Crippen LogP contribution is -2.48. The Hall–Kier alpha value is -2.70. The SMILES string of the molecule is COC(=O)[C@H](NC(=O)CCC(=O)N[C@H](C)c1ccccc1)[C@@H]1CCCC(=O)C1. The molecule has 1 fully saturated rings. The summed E-state index contributed by atoms with van der Waals surface area (Å²) in [6.45, 7) is 1.88. The highest BCUT2D eigenvalue weighted by Gasteiger charge is 2.34. The fourth-order valence-corrected chi connectivity index (χ4v) is 3.45. The maximum Gasteiger partial charge on any atom is 0.328 e. The van der Waals surface area contributed by atoms with Gasteiger partial charge in [-0.3, -0.25) is 14.4 Å². The molecule has 2 amide bonds. The van der Waals surface area contributed by atoms with Gasteiger partial charge < -0.3 is 15.4 Å². The number of amides is 2. The van der Waals surface area contributed by atoms with E-state index in [0.29, 0.717) is 19.3 Å². The summed E-state index contributed by atoms with van der Waals surface area (Å²) in [6, 6.07) is 8.53. The first-order chi connectivity index (χ1) is 13.4. The number of rotatable bonds is 8. The topological polar surface area (TPSA) is 102 Å². The number of carbonyl (C=O) groups is 4. The summed E-state index contributed by atoms with van der Waals surface area (Å²) in [5.74, 6) is -1.38. The number of benzene rings is 1. The molecule has 7 nitrogen and oxygen atoms in total. The third-order valence-corrected chi connectivity index (χ3v) is 5.02. The van der Waals surface area contributed by atoms with Gasteiger partial charge >= 0.3 is 5.97 Å². The monoisotopic (exact) mass is 388 g/mol. The van der Waals surface area contributed by atoms with Gasteiger partial charge in [0.25, 0.3) is 0 Å². The Kier molecular flexibility index (Phi) is 8.17. The Labute approximate surface area is 165 Å². The molecule has 2 N–H and O–H groups in total. The van der Waals surface area contributed by atoms with Gasteiger partial charge in [-0.15, -0.1) is 0 Å². The van der Waals surface area contributed by atoms with Gasteiger partial charge in [-0.1, -0.05) is 30.3 Å².